The highest BCUT2D eigenvalue weighted by atomic mass is 19.1. The minimum absolute atomic E-state index is 0.365. The Morgan fingerprint density at radius 3 is 2.55 bits per heavy atom. The second-order valence-corrected chi connectivity index (χ2v) is 4.65. The average Bonchev–Trinajstić information content (AvgIpc) is 2.26. The third kappa shape index (κ3) is 3.70. The number of carbonyl (C=O) groups excluding carboxylic acids is 1. The van der Waals surface area contributed by atoms with E-state index in [4.69, 9.17) is 0 Å². The molecule has 1 N–H and O–H groups in total. The quantitative estimate of drug-likeness (QED) is 0.658. The molecule has 6 nitrogen and oxygen atoms in total. The Balaban J connectivity index is 3.04. The summed E-state index contributed by atoms with van der Waals surface area (Å²) in [7, 11) is 3.55. The van der Waals surface area contributed by atoms with Crippen LogP contribution in [0.5, 0.6) is 0 Å². The van der Waals surface area contributed by atoms with Gasteiger partial charge in [-0.3, -0.25) is 14.9 Å². The molecule has 20 heavy (non-hydrogen) atoms. The van der Waals surface area contributed by atoms with E-state index in [1.165, 1.54) is 0 Å². The molecule has 0 aliphatic rings. The molecule has 0 bridgehead atoms. The van der Waals surface area contributed by atoms with Crippen LogP contribution in [0.3, 0.4) is 0 Å². The fourth-order valence-corrected chi connectivity index (χ4v) is 1.78. The van der Waals surface area contributed by atoms with Crippen LogP contribution >= 0.6 is 0 Å². The van der Waals surface area contributed by atoms with Crippen molar-refractivity contribution in [1.29, 1.82) is 0 Å². The van der Waals surface area contributed by atoms with Gasteiger partial charge >= 0.3 is 5.69 Å². The van der Waals surface area contributed by atoms with Crippen molar-refractivity contribution in [3.63, 3.8) is 0 Å². The van der Waals surface area contributed by atoms with Crippen LogP contribution in [0.15, 0.2) is 12.1 Å². The predicted octanol–water partition coefficient (Wildman–Crippen LogP) is 1.55. The molecule has 8 heteroatoms. The number of nitro groups is 1. The minimum atomic E-state index is -1.47. The Morgan fingerprint density at radius 2 is 2.05 bits per heavy atom. The topological polar surface area (TPSA) is 75.5 Å². The average molecular weight is 287 g/mol. The largest absolute Gasteiger partial charge is 0.348 e. The third-order valence-corrected chi connectivity index (χ3v) is 2.51. The molecule has 1 amide bonds. The maximum absolute atomic E-state index is 13.8. The molecule has 0 saturated heterocycles. The van der Waals surface area contributed by atoms with E-state index in [1.807, 2.05) is 0 Å². The van der Waals surface area contributed by atoms with Crippen molar-refractivity contribution in [1.82, 2.24) is 10.2 Å². The van der Waals surface area contributed by atoms with E-state index < -0.39 is 33.7 Å². The zero-order valence-electron chi connectivity index (χ0n) is 11.3. The molecule has 0 spiro atoms. The summed E-state index contributed by atoms with van der Waals surface area (Å²) < 4.78 is 27.3. The van der Waals surface area contributed by atoms with Gasteiger partial charge in [0.25, 0.3) is 5.91 Å². The Kier molecular flexibility index (Phi) is 5.09. The van der Waals surface area contributed by atoms with Gasteiger partial charge in [0.05, 0.1) is 4.92 Å². The van der Waals surface area contributed by atoms with Crippen molar-refractivity contribution in [2.75, 3.05) is 20.6 Å². The van der Waals surface area contributed by atoms with E-state index in [-0.39, 0.29) is 6.04 Å². The van der Waals surface area contributed by atoms with Crippen LogP contribution in [0.2, 0.25) is 0 Å². The fourth-order valence-electron chi connectivity index (χ4n) is 1.78. The van der Waals surface area contributed by atoms with Gasteiger partial charge in [-0.15, -0.1) is 0 Å². The molecular weight excluding hydrogens is 272 g/mol. The molecule has 1 unspecified atom stereocenters. The zero-order chi connectivity index (χ0) is 15.4. The number of benzene rings is 1. The van der Waals surface area contributed by atoms with E-state index in [0.29, 0.717) is 18.7 Å². The first-order valence-electron chi connectivity index (χ1n) is 5.82. The first-order valence-corrected chi connectivity index (χ1v) is 5.82. The number of nitro benzene ring substituents is 1. The van der Waals surface area contributed by atoms with Gasteiger partial charge in [0.15, 0.2) is 0 Å². The van der Waals surface area contributed by atoms with E-state index in [0.717, 1.165) is 0 Å². The maximum atomic E-state index is 13.8. The number of carbonyl (C=O) groups is 1. The lowest BCUT2D eigenvalue weighted by Crippen LogP contribution is -2.40. The van der Waals surface area contributed by atoms with Crippen molar-refractivity contribution in [2.24, 2.45) is 0 Å². The summed E-state index contributed by atoms with van der Waals surface area (Å²) in [5.74, 6) is -3.62. The summed E-state index contributed by atoms with van der Waals surface area (Å²) in [6.07, 6.45) is 0. The van der Waals surface area contributed by atoms with E-state index >= 15 is 0 Å². The van der Waals surface area contributed by atoms with Gasteiger partial charge in [0.1, 0.15) is 11.4 Å². The van der Waals surface area contributed by atoms with Crippen LogP contribution in [0.25, 0.3) is 0 Å². The Morgan fingerprint density at radius 1 is 1.45 bits per heavy atom. The summed E-state index contributed by atoms with van der Waals surface area (Å²) in [5.41, 5.74) is -1.87. The molecule has 1 aromatic carbocycles. The lowest BCUT2D eigenvalue weighted by Gasteiger charge is -2.18. The van der Waals surface area contributed by atoms with Crippen LogP contribution in [0.1, 0.15) is 17.3 Å². The standard InChI is InChI=1S/C12H15F2N3O3/c1-7(6-16(2)3)15-12(18)10-8(13)4-5-9(11(10)14)17(19)20/h4-5,7H,6H2,1-3H3,(H,15,18). The molecule has 0 aliphatic heterocycles. The van der Waals surface area contributed by atoms with E-state index in [2.05, 4.69) is 5.32 Å². The van der Waals surface area contributed by atoms with E-state index in [9.17, 15) is 23.7 Å². The van der Waals surface area contributed by atoms with Crippen LogP contribution in [0.4, 0.5) is 14.5 Å². The minimum Gasteiger partial charge on any atom is -0.348 e. The van der Waals surface area contributed by atoms with Crippen molar-refractivity contribution in [3.05, 3.63) is 39.4 Å². The number of amides is 1. The number of halogens is 2. The maximum Gasteiger partial charge on any atom is 0.305 e. The molecule has 110 valence electrons. The van der Waals surface area contributed by atoms with Crippen LogP contribution < -0.4 is 5.32 Å². The van der Waals surface area contributed by atoms with Crippen molar-refractivity contribution >= 4 is 11.6 Å². The molecule has 0 radical (unpaired) electrons. The summed E-state index contributed by atoms with van der Waals surface area (Å²) in [5, 5.41) is 13.0. The Hall–Kier alpha value is -2.09. The highest BCUT2D eigenvalue weighted by molar-refractivity contribution is 5.95. The van der Waals surface area contributed by atoms with Crippen LogP contribution in [-0.2, 0) is 0 Å². The molecule has 1 rings (SSSR count). The molecule has 0 fully saturated rings. The van der Waals surface area contributed by atoms with Gasteiger partial charge < -0.3 is 10.2 Å². The van der Waals surface area contributed by atoms with Crippen molar-refractivity contribution in [3.8, 4) is 0 Å². The van der Waals surface area contributed by atoms with Crippen molar-refractivity contribution < 1.29 is 18.5 Å². The highest BCUT2D eigenvalue weighted by Gasteiger charge is 2.26. The summed E-state index contributed by atoms with van der Waals surface area (Å²) in [4.78, 5) is 23.2. The lowest BCUT2D eigenvalue weighted by atomic mass is 10.1. The molecule has 1 aromatic rings. The molecular formula is C12H15F2N3O3. The van der Waals surface area contributed by atoms with Crippen molar-refractivity contribution in [2.45, 2.75) is 13.0 Å². The number of nitrogens with zero attached hydrogens (tertiary/aromatic N) is 2. The SMILES string of the molecule is CC(CN(C)C)NC(=O)c1c(F)ccc([N+](=O)[O-])c1F. The monoisotopic (exact) mass is 287 g/mol. The van der Waals surface area contributed by atoms with Gasteiger partial charge in [0, 0.05) is 18.7 Å². The molecule has 0 saturated carbocycles. The zero-order valence-corrected chi connectivity index (χ0v) is 11.3. The van der Waals surface area contributed by atoms with Gasteiger partial charge in [-0.25, -0.2) is 4.39 Å². The lowest BCUT2D eigenvalue weighted by molar-refractivity contribution is -0.387. The molecule has 0 aliphatic carbocycles. The third-order valence-electron chi connectivity index (χ3n) is 2.51. The smallest absolute Gasteiger partial charge is 0.305 e. The number of hydrogen-bond donors (Lipinski definition) is 1. The summed E-state index contributed by atoms with van der Waals surface area (Å²) >= 11 is 0. The normalized spacial score (nSPS) is 12.3. The first-order chi connectivity index (χ1) is 9.23. The summed E-state index contributed by atoms with van der Waals surface area (Å²) in [6.45, 7) is 2.12. The first kappa shape index (κ1) is 16.0. The second-order valence-electron chi connectivity index (χ2n) is 4.65. The predicted molar refractivity (Wildman–Crippen MR) is 68.5 cm³/mol. The number of likely N-dealkylation sites (N-methyl/N-ethyl adjacent to an activating group) is 1. The Bertz CT molecular complexity index is 535. The fraction of sp³-hybridized carbons (Fsp3) is 0.417. The summed E-state index contributed by atoms with van der Waals surface area (Å²) in [6, 6.07) is 1.02. The Labute approximate surface area is 114 Å². The number of rotatable bonds is 5. The highest BCUT2D eigenvalue weighted by Crippen LogP contribution is 2.23. The van der Waals surface area contributed by atoms with Gasteiger partial charge in [0.2, 0.25) is 5.82 Å². The molecule has 0 heterocycles. The van der Waals surface area contributed by atoms with E-state index in [1.54, 1.807) is 25.9 Å². The van der Waals surface area contributed by atoms with Gasteiger partial charge in [-0.1, -0.05) is 0 Å². The number of hydrogen-bond acceptors (Lipinski definition) is 4. The van der Waals surface area contributed by atoms with Gasteiger partial charge in [-0.05, 0) is 27.1 Å². The van der Waals surface area contributed by atoms with Crippen LogP contribution in [0, 0.1) is 21.7 Å². The van der Waals surface area contributed by atoms with Gasteiger partial charge in [-0.2, -0.15) is 4.39 Å². The molecule has 1 atom stereocenters. The van der Waals surface area contributed by atoms with Crippen LogP contribution in [-0.4, -0.2) is 42.4 Å². The molecule has 0 aromatic heterocycles. The number of nitrogens with one attached hydrogen (secondary N) is 1. The second kappa shape index (κ2) is 6.38.